The van der Waals surface area contributed by atoms with Crippen LogP contribution in [0.15, 0.2) is 6.07 Å². The first-order valence-corrected chi connectivity index (χ1v) is 8.83. The first kappa shape index (κ1) is 15.1. The standard InChI is InChI=1S/C19H31NO/c1-14-11-16-17(12-19(2,3)13-18(16)21)20(14)10-6-9-15-7-4-5-8-15/h11,15,18,21H,4-10,12-13H2,1-3H3. The zero-order chi connectivity index (χ0) is 15.0. The molecule has 0 bridgehead atoms. The van der Waals surface area contributed by atoms with Gasteiger partial charge < -0.3 is 9.67 Å². The van der Waals surface area contributed by atoms with Crippen LogP contribution in [0.25, 0.3) is 0 Å². The number of hydrogen-bond donors (Lipinski definition) is 1. The maximum Gasteiger partial charge on any atom is 0.0812 e. The number of aryl methyl sites for hydroxylation is 1. The summed E-state index contributed by atoms with van der Waals surface area (Å²) in [5.74, 6) is 0.985. The number of aliphatic hydroxyl groups excluding tert-OH is 1. The number of hydrogen-bond acceptors (Lipinski definition) is 1. The monoisotopic (exact) mass is 289 g/mol. The molecular weight excluding hydrogens is 258 g/mol. The molecule has 1 N–H and O–H groups in total. The summed E-state index contributed by atoms with van der Waals surface area (Å²) in [7, 11) is 0. The van der Waals surface area contributed by atoms with Gasteiger partial charge in [-0.25, -0.2) is 0 Å². The van der Waals surface area contributed by atoms with E-state index in [4.69, 9.17) is 0 Å². The third kappa shape index (κ3) is 3.21. The Morgan fingerprint density at radius 1 is 1.29 bits per heavy atom. The van der Waals surface area contributed by atoms with E-state index in [0.29, 0.717) is 0 Å². The molecule has 1 aromatic rings. The number of aromatic nitrogens is 1. The van der Waals surface area contributed by atoms with Crippen molar-refractivity contribution in [2.24, 2.45) is 11.3 Å². The second-order valence-corrected chi connectivity index (χ2v) is 8.19. The summed E-state index contributed by atoms with van der Waals surface area (Å²) in [6.07, 6.45) is 10.2. The van der Waals surface area contributed by atoms with Gasteiger partial charge in [0.15, 0.2) is 0 Å². The smallest absolute Gasteiger partial charge is 0.0812 e. The first-order valence-electron chi connectivity index (χ1n) is 8.83. The van der Waals surface area contributed by atoms with Crippen molar-refractivity contribution < 1.29 is 5.11 Å². The normalized spacial score (nSPS) is 25.2. The molecule has 2 nitrogen and oxygen atoms in total. The first-order chi connectivity index (χ1) is 9.96. The predicted molar refractivity (Wildman–Crippen MR) is 87.4 cm³/mol. The maximum atomic E-state index is 10.4. The molecule has 21 heavy (non-hydrogen) atoms. The fourth-order valence-electron chi connectivity index (χ4n) is 4.55. The van der Waals surface area contributed by atoms with Crippen LogP contribution in [0.4, 0.5) is 0 Å². The number of rotatable bonds is 4. The summed E-state index contributed by atoms with van der Waals surface area (Å²) in [5, 5.41) is 10.4. The summed E-state index contributed by atoms with van der Waals surface area (Å²) in [6.45, 7) is 7.91. The molecular formula is C19H31NO. The topological polar surface area (TPSA) is 25.2 Å². The van der Waals surface area contributed by atoms with E-state index in [1.807, 2.05) is 0 Å². The zero-order valence-electron chi connectivity index (χ0n) is 14.0. The predicted octanol–water partition coefficient (Wildman–Crippen LogP) is 4.77. The van der Waals surface area contributed by atoms with Gasteiger partial charge in [-0.1, -0.05) is 39.5 Å². The minimum Gasteiger partial charge on any atom is -0.388 e. The van der Waals surface area contributed by atoms with E-state index < -0.39 is 0 Å². The lowest BCUT2D eigenvalue weighted by Crippen LogP contribution is -2.27. The molecule has 3 rings (SSSR count). The molecule has 0 spiro atoms. The molecule has 1 aromatic heterocycles. The van der Waals surface area contributed by atoms with Crippen molar-refractivity contribution in [1.82, 2.24) is 4.57 Å². The molecule has 0 saturated heterocycles. The van der Waals surface area contributed by atoms with Crippen LogP contribution in [-0.4, -0.2) is 9.67 Å². The summed E-state index contributed by atoms with van der Waals surface area (Å²) >= 11 is 0. The van der Waals surface area contributed by atoms with Crippen LogP contribution in [0.2, 0.25) is 0 Å². The van der Waals surface area contributed by atoms with Gasteiger partial charge in [-0.2, -0.15) is 0 Å². The second-order valence-electron chi connectivity index (χ2n) is 8.19. The summed E-state index contributed by atoms with van der Waals surface area (Å²) < 4.78 is 2.49. The van der Waals surface area contributed by atoms with Gasteiger partial charge in [-0.05, 0) is 50.0 Å². The molecule has 2 aliphatic rings. The number of fused-ring (bicyclic) bond motifs is 1. The van der Waals surface area contributed by atoms with Gasteiger partial charge in [0.1, 0.15) is 0 Å². The lowest BCUT2D eigenvalue weighted by molar-refractivity contribution is 0.0979. The highest BCUT2D eigenvalue weighted by atomic mass is 16.3. The maximum absolute atomic E-state index is 10.4. The quantitative estimate of drug-likeness (QED) is 0.848. The minimum absolute atomic E-state index is 0.223. The summed E-state index contributed by atoms with van der Waals surface area (Å²) in [6, 6.07) is 2.23. The van der Waals surface area contributed by atoms with Crippen molar-refractivity contribution in [3.63, 3.8) is 0 Å². The van der Waals surface area contributed by atoms with Crippen LogP contribution in [0, 0.1) is 18.3 Å². The summed E-state index contributed by atoms with van der Waals surface area (Å²) in [5.41, 5.74) is 4.17. The van der Waals surface area contributed by atoms with Gasteiger partial charge in [0.05, 0.1) is 6.10 Å². The Hall–Kier alpha value is -0.760. The van der Waals surface area contributed by atoms with Crippen LogP contribution in [0.3, 0.4) is 0 Å². The highest BCUT2D eigenvalue weighted by Gasteiger charge is 2.33. The molecule has 0 aromatic carbocycles. The van der Waals surface area contributed by atoms with Crippen molar-refractivity contribution in [3.8, 4) is 0 Å². The average molecular weight is 289 g/mol. The van der Waals surface area contributed by atoms with Crippen molar-refractivity contribution >= 4 is 0 Å². The van der Waals surface area contributed by atoms with Gasteiger partial charge in [0, 0.05) is 23.5 Å². The zero-order valence-corrected chi connectivity index (χ0v) is 14.0. The molecule has 0 amide bonds. The van der Waals surface area contributed by atoms with E-state index in [0.717, 1.165) is 25.3 Å². The van der Waals surface area contributed by atoms with Gasteiger partial charge in [0.2, 0.25) is 0 Å². The number of aliphatic hydroxyl groups is 1. The lowest BCUT2D eigenvalue weighted by atomic mass is 9.75. The molecule has 1 atom stereocenters. The largest absolute Gasteiger partial charge is 0.388 e. The van der Waals surface area contributed by atoms with Crippen LogP contribution in [0.1, 0.15) is 81.8 Å². The molecule has 1 saturated carbocycles. The Morgan fingerprint density at radius 2 is 2.00 bits per heavy atom. The van der Waals surface area contributed by atoms with Crippen molar-refractivity contribution in [2.75, 3.05) is 0 Å². The number of nitrogens with zero attached hydrogens (tertiary/aromatic N) is 1. The molecule has 2 aliphatic carbocycles. The van der Waals surface area contributed by atoms with Gasteiger partial charge in [-0.15, -0.1) is 0 Å². The average Bonchev–Trinajstić information content (AvgIpc) is 2.99. The van der Waals surface area contributed by atoms with E-state index in [1.165, 1.54) is 55.5 Å². The van der Waals surface area contributed by atoms with Crippen LogP contribution < -0.4 is 0 Å². The van der Waals surface area contributed by atoms with E-state index in [1.54, 1.807) is 0 Å². The molecule has 1 unspecified atom stereocenters. The van der Waals surface area contributed by atoms with Crippen molar-refractivity contribution in [1.29, 1.82) is 0 Å². The van der Waals surface area contributed by atoms with Crippen LogP contribution in [0.5, 0.6) is 0 Å². The van der Waals surface area contributed by atoms with Crippen LogP contribution >= 0.6 is 0 Å². The van der Waals surface area contributed by atoms with Gasteiger partial charge in [-0.3, -0.25) is 0 Å². The molecule has 0 radical (unpaired) electrons. The summed E-state index contributed by atoms with van der Waals surface area (Å²) in [4.78, 5) is 0. The Labute approximate surface area is 129 Å². The molecule has 118 valence electrons. The van der Waals surface area contributed by atoms with Crippen molar-refractivity contribution in [2.45, 2.75) is 84.8 Å². The lowest BCUT2D eigenvalue weighted by Gasteiger charge is -2.34. The SMILES string of the molecule is Cc1cc2c(n1CCCC1CCCC1)CC(C)(C)CC2O. The third-order valence-corrected chi connectivity index (χ3v) is 5.67. The minimum atomic E-state index is -0.265. The Bertz CT molecular complexity index is 494. The van der Waals surface area contributed by atoms with Gasteiger partial charge >= 0.3 is 0 Å². The molecule has 1 heterocycles. The highest BCUT2D eigenvalue weighted by molar-refractivity contribution is 5.33. The fourth-order valence-corrected chi connectivity index (χ4v) is 4.55. The Balaban J connectivity index is 1.70. The fraction of sp³-hybridized carbons (Fsp3) is 0.789. The highest BCUT2D eigenvalue weighted by Crippen LogP contribution is 2.42. The third-order valence-electron chi connectivity index (χ3n) is 5.67. The van der Waals surface area contributed by atoms with Crippen molar-refractivity contribution in [3.05, 3.63) is 23.0 Å². The molecule has 0 aliphatic heterocycles. The Kier molecular flexibility index (Phi) is 4.18. The molecule has 1 fully saturated rings. The van der Waals surface area contributed by atoms with Gasteiger partial charge in [0.25, 0.3) is 0 Å². The molecule has 2 heteroatoms. The van der Waals surface area contributed by atoms with E-state index in [-0.39, 0.29) is 11.5 Å². The van der Waals surface area contributed by atoms with Crippen LogP contribution in [-0.2, 0) is 13.0 Å². The van der Waals surface area contributed by atoms with E-state index in [2.05, 4.69) is 31.4 Å². The van der Waals surface area contributed by atoms with E-state index >= 15 is 0 Å². The second kappa shape index (κ2) is 5.79. The van der Waals surface area contributed by atoms with E-state index in [9.17, 15) is 5.11 Å². The Morgan fingerprint density at radius 3 is 2.71 bits per heavy atom.